The van der Waals surface area contributed by atoms with E-state index in [4.69, 9.17) is 10.5 Å². The Morgan fingerprint density at radius 2 is 2.37 bits per heavy atom. The topological polar surface area (TPSA) is 55.6 Å². The first-order valence-electron chi connectivity index (χ1n) is 6.48. The number of fused-ring (bicyclic) bond motifs is 1. The molecule has 2 N–H and O–H groups in total. The van der Waals surface area contributed by atoms with Gasteiger partial charge in [-0.05, 0) is 37.0 Å². The van der Waals surface area contributed by atoms with Crippen LogP contribution in [0.5, 0.6) is 0 Å². The smallest absolute Gasteiger partial charge is 0.243 e. The number of nitrogens with zero attached hydrogens (tertiary/aromatic N) is 1. The average molecular weight is 266 g/mol. The van der Waals surface area contributed by atoms with E-state index >= 15 is 0 Å². The highest BCUT2D eigenvalue weighted by Crippen LogP contribution is 2.29. The third-order valence-corrected chi connectivity index (χ3v) is 3.39. The number of halogens is 1. The minimum atomic E-state index is -0.552. The first-order chi connectivity index (χ1) is 9.13. The molecule has 0 spiro atoms. The molecule has 1 aliphatic heterocycles. The van der Waals surface area contributed by atoms with E-state index in [9.17, 15) is 9.18 Å². The number of hydrogen-bond acceptors (Lipinski definition) is 3. The third kappa shape index (κ3) is 3.11. The maximum Gasteiger partial charge on any atom is 0.243 e. The number of carbonyl (C=O) groups excluding carboxylic acids is 1. The molecule has 1 aromatic rings. The Hall–Kier alpha value is -1.46. The number of amides is 1. The lowest BCUT2D eigenvalue weighted by Gasteiger charge is -2.21. The fourth-order valence-corrected chi connectivity index (χ4v) is 2.35. The van der Waals surface area contributed by atoms with Gasteiger partial charge in [-0.1, -0.05) is 6.07 Å². The monoisotopic (exact) mass is 266 g/mol. The highest BCUT2D eigenvalue weighted by atomic mass is 19.1. The van der Waals surface area contributed by atoms with Gasteiger partial charge in [0.05, 0.1) is 6.04 Å². The largest absolute Gasteiger partial charge is 0.385 e. The van der Waals surface area contributed by atoms with Crippen molar-refractivity contribution in [3.05, 3.63) is 29.6 Å². The van der Waals surface area contributed by atoms with Crippen LogP contribution in [0.3, 0.4) is 0 Å². The van der Waals surface area contributed by atoms with Crippen LogP contribution in [-0.2, 0) is 16.0 Å². The SMILES string of the molecule is COCCCC(N)C(=O)N1CCc2ccc(F)cc21. The maximum absolute atomic E-state index is 13.3. The number of ether oxygens (including phenoxy) is 1. The maximum atomic E-state index is 13.3. The average Bonchev–Trinajstić information content (AvgIpc) is 2.80. The lowest BCUT2D eigenvalue weighted by atomic mass is 10.1. The lowest BCUT2D eigenvalue weighted by Crippen LogP contribution is -2.43. The fraction of sp³-hybridized carbons (Fsp3) is 0.500. The minimum Gasteiger partial charge on any atom is -0.385 e. The van der Waals surface area contributed by atoms with Gasteiger partial charge in [0.1, 0.15) is 5.82 Å². The Labute approximate surface area is 112 Å². The molecule has 1 atom stereocenters. The zero-order valence-corrected chi connectivity index (χ0v) is 11.1. The molecule has 1 aliphatic rings. The quantitative estimate of drug-likeness (QED) is 0.821. The molecule has 2 rings (SSSR count). The van der Waals surface area contributed by atoms with Gasteiger partial charge in [-0.25, -0.2) is 4.39 Å². The summed E-state index contributed by atoms with van der Waals surface area (Å²) in [5.74, 6) is -0.466. The van der Waals surface area contributed by atoms with Gasteiger partial charge in [0.2, 0.25) is 5.91 Å². The van der Waals surface area contributed by atoms with Crippen molar-refractivity contribution in [3.8, 4) is 0 Å². The number of benzene rings is 1. The molecule has 0 radical (unpaired) electrons. The normalized spacial score (nSPS) is 15.4. The van der Waals surface area contributed by atoms with E-state index in [2.05, 4.69) is 0 Å². The molecule has 0 saturated heterocycles. The highest BCUT2D eigenvalue weighted by Gasteiger charge is 2.28. The first-order valence-corrected chi connectivity index (χ1v) is 6.48. The summed E-state index contributed by atoms with van der Waals surface area (Å²) in [6, 6.07) is 4.01. The Kier molecular flexibility index (Phi) is 4.50. The summed E-state index contributed by atoms with van der Waals surface area (Å²) in [6.45, 7) is 1.17. The van der Waals surface area contributed by atoms with Gasteiger partial charge in [0.25, 0.3) is 0 Å². The van der Waals surface area contributed by atoms with Crippen LogP contribution < -0.4 is 10.6 Å². The Bertz CT molecular complexity index is 465. The standard InChI is InChI=1S/C14H19FN2O2/c1-19-8-2-3-12(16)14(18)17-7-6-10-4-5-11(15)9-13(10)17/h4-5,9,12H,2-3,6-8,16H2,1H3. The molecule has 104 valence electrons. The summed E-state index contributed by atoms with van der Waals surface area (Å²) in [6.07, 6.45) is 2.08. The molecule has 0 bridgehead atoms. The van der Waals surface area contributed by atoms with Crippen LogP contribution in [0.15, 0.2) is 18.2 Å². The molecule has 1 heterocycles. The van der Waals surface area contributed by atoms with Gasteiger partial charge >= 0.3 is 0 Å². The Balaban J connectivity index is 2.04. The molecular weight excluding hydrogens is 247 g/mol. The summed E-state index contributed by atoms with van der Waals surface area (Å²) in [7, 11) is 1.62. The summed E-state index contributed by atoms with van der Waals surface area (Å²) >= 11 is 0. The molecule has 1 unspecified atom stereocenters. The summed E-state index contributed by atoms with van der Waals surface area (Å²) in [5, 5.41) is 0. The van der Waals surface area contributed by atoms with Crippen molar-refractivity contribution in [2.75, 3.05) is 25.2 Å². The van der Waals surface area contributed by atoms with Crippen LogP contribution in [0.4, 0.5) is 10.1 Å². The highest BCUT2D eigenvalue weighted by molar-refractivity contribution is 5.98. The first kappa shape index (κ1) is 14.0. The van der Waals surface area contributed by atoms with Gasteiger partial charge in [-0.15, -0.1) is 0 Å². The van der Waals surface area contributed by atoms with Crippen LogP contribution in [-0.4, -0.2) is 32.2 Å². The molecular formula is C14H19FN2O2. The molecule has 0 saturated carbocycles. The van der Waals surface area contributed by atoms with E-state index in [1.807, 2.05) is 0 Å². The number of carbonyl (C=O) groups is 1. The van der Waals surface area contributed by atoms with Crippen molar-refractivity contribution < 1.29 is 13.9 Å². The van der Waals surface area contributed by atoms with Crippen molar-refractivity contribution in [3.63, 3.8) is 0 Å². The van der Waals surface area contributed by atoms with Crippen LogP contribution in [0, 0.1) is 5.82 Å². The van der Waals surface area contributed by atoms with Crippen LogP contribution >= 0.6 is 0 Å². The van der Waals surface area contributed by atoms with Crippen molar-refractivity contribution in [2.24, 2.45) is 5.73 Å². The second kappa shape index (κ2) is 6.12. The van der Waals surface area contributed by atoms with E-state index in [0.717, 1.165) is 18.4 Å². The third-order valence-electron chi connectivity index (χ3n) is 3.39. The van der Waals surface area contributed by atoms with Gasteiger partial charge in [0.15, 0.2) is 0 Å². The Morgan fingerprint density at radius 1 is 1.58 bits per heavy atom. The molecule has 0 aromatic heterocycles. The van der Waals surface area contributed by atoms with Crippen LogP contribution in [0.2, 0.25) is 0 Å². The number of anilines is 1. The molecule has 4 nitrogen and oxygen atoms in total. The molecule has 1 aromatic carbocycles. The van der Waals surface area contributed by atoms with Gasteiger partial charge < -0.3 is 15.4 Å². The van der Waals surface area contributed by atoms with E-state index in [1.54, 1.807) is 18.1 Å². The summed E-state index contributed by atoms with van der Waals surface area (Å²) in [5.41, 5.74) is 7.55. The second-order valence-corrected chi connectivity index (χ2v) is 4.75. The van der Waals surface area contributed by atoms with Gasteiger partial charge in [-0.2, -0.15) is 0 Å². The Morgan fingerprint density at radius 3 is 3.11 bits per heavy atom. The van der Waals surface area contributed by atoms with Crippen molar-refractivity contribution in [1.29, 1.82) is 0 Å². The molecule has 1 amide bonds. The lowest BCUT2D eigenvalue weighted by molar-refractivity contribution is -0.119. The van der Waals surface area contributed by atoms with Crippen molar-refractivity contribution in [2.45, 2.75) is 25.3 Å². The van der Waals surface area contributed by atoms with E-state index in [0.29, 0.717) is 25.3 Å². The zero-order chi connectivity index (χ0) is 13.8. The minimum absolute atomic E-state index is 0.138. The molecule has 5 heteroatoms. The van der Waals surface area contributed by atoms with E-state index < -0.39 is 6.04 Å². The summed E-state index contributed by atoms with van der Waals surface area (Å²) < 4.78 is 18.2. The van der Waals surface area contributed by atoms with E-state index in [-0.39, 0.29) is 11.7 Å². The van der Waals surface area contributed by atoms with Crippen molar-refractivity contribution >= 4 is 11.6 Å². The molecule has 0 fully saturated rings. The predicted octanol–water partition coefficient (Wildman–Crippen LogP) is 1.47. The number of nitrogens with two attached hydrogens (primary N) is 1. The summed E-state index contributed by atoms with van der Waals surface area (Å²) in [4.78, 5) is 13.8. The fourth-order valence-electron chi connectivity index (χ4n) is 2.35. The second-order valence-electron chi connectivity index (χ2n) is 4.75. The number of hydrogen-bond donors (Lipinski definition) is 1. The van der Waals surface area contributed by atoms with Gasteiger partial charge in [0, 0.05) is 25.9 Å². The number of methoxy groups -OCH3 is 1. The van der Waals surface area contributed by atoms with E-state index in [1.165, 1.54) is 12.1 Å². The van der Waals surface area contributed by atoms with Crippen LogP contribution in [0.25, 0.3) is 0 Å². The van der Waals surface area contributed by atoms with Crippen molar-refractivity contribution in [1.82, 2.24) is 0 Å². The van der Waals surface area contributed by atoms with Gasteiger partial charge in [-0.3, -0.25) is 4.79 Å². The van der Waals surface area contributed by atoms with Crippen LogP contribution in [0.1, 0.15) is 18.4 Å². The molecule has 19 heavy (non-hydrogen) atoms. The number of rotatable bonds is 5. The zero-order valence-electron chi connectivity index (χ0n) is 11.1. The predicted molar refractivity (Wildman–Crippen MR) is 71.5 cm³/mol. The molecule has 0 aliphatic carbocycles.